The van der Waals surface area contributed by atoms with Crippen molar-refractivity contribution in [1.82, 2.24) is 5.32 Å². The van der Waals surface area contributed by atoms with E-state index in [4.69, 9.17) is 9.47 Å². The number of carbonyl (C=O) groups excluding carboxylic acids is 2. The number of benzene rings is 2. The summed E-state index contributed by atoms with van der Waals surface area (Å²) in [6.45, 7) is 2.59. The summed E-state index contributed by atoms with van der Waals surface area (Å²) in [6.07, 6.45) is 1.89. The van der Waals surface area contributed by atoms with Crippen LogP contribution < -0.4 is 20.1 Å². The summed E-state index contributed by atoms with van der Waals surface area (Å²) in [7, 11) is -3.24. The summed E-state index contributed by atoms with van der Waals surface area (Å²) in [6, 6.07) is 13.0. The molecule has 2 amide bonds. The monoisotopic (exact) mass is 434 g/mol. The van der Waals surface area contributed by atoms with Crippen molar-refractivity contribution in [2.24, 2.45) is 0 Å². The number of carbonyl (C=O) groups is 2. The van der Waals surface area contributed by atoms with Crippen LogP contribution in [-0.2, 0) is 19.4 Å². The molecular formula is C21H26N2O6S. The lowest BCUT2D eigenvalue weighted by molar-refractivity contribution is -0.123. The van der Waals surface area contributed by atoms with Crippen LogP contribution in [0.3, 0.4) is 0 Å². The number of likely N-dealkylation sites (N-methyl/N-ethyl adjacent to an activating group) is 1. The lowest BCUT2D eigenvalue weighted by atomic mass is 10.2. The molecule has 0 spiro atoms. The summed E-state index contributed by atoms with van der Waals surface area (Å²) in [4.78, 5) is 23.8. The zero-order valence-corrected chi connectivity index (χ0v) is 17.8. The standard InChI is InChI=1S/C21H26N2O6S/c1-3-22-21(25)15-29-18-7-4-6-16(14-18)23-20(24)8-5-13-28-17-9-11-19(12-10-17)30(2,26)27/h4,6-7,9-12,14H,3,5,8,13,15H2,1-2H3,(H,22,25)(H,23,24). The van der Waals surface area contributed by atoms with Crippen LogP contribution in [0.15, 0.2) is 53.4 Å². The number of hydrogen-bond donors (Lipinski definition) is 2. The summed E-state index contributed by atoms with van der Waals surface area (Å²) in [5.41, 5.74) is 0.575. The second kappa shape index (κ2) is 11.2. The van der Waals surface area contributed by atoms with E-state index in [-0.39, 0.29) is 29.7 Å². The van der Waals surface area contributed by atoms with Crippen LogP contribution in [-0.4, -0.2) is 46.2 Å². The fraction of sp³-hybridized carbons (Fsp3) is 0.333. The number of hydrogen-bond acceptors (Lipinski definition) is 6. The third kappa shape index (κ3) is 8.12. The maximum Gasteiger partial charge on any atom is 0.257 e. The third-order valence-electron chi connectivity index (χ3n) is 3.93. The Bertz CT molecular complexity index is 958. The molecule has 8 nitrogen and oxygen atoms in total. The van der Waals surface area contributed by atoms with Crippen molar-refractivity contribution >= 4 is 27.3 Å². The fourth-order valence-corrected chi connectivity index (χ4v) is 3.12. The van der Waals surface area contributed by atoms with E-state index in [9.17, 15) is 18.0 Å². The molecule has 9 heteroatoms. The van der Waals surface area contributed by atoms with Gasteiger partial charge in [0.05, 0.1) is 11.5 Å². The van der Waals surface area contributed by atoms with Crippen LogP contribution in [0.1, 0.15) is 19.8 Å². The smallest absolute Gasteiger partial charge is 0.257 e. The van der Waals surface area contributed by atoms with Gasteiger partial charge in [-0.05, 0) is 49.7 Å². The van der Waals surface area contributed by atoms with Gasteiger partial charge >= 0.3 is 0 Å². The number of ether oxygens (including phenoxy) is 2. The quantitative estimate of drug-likeness (QED) is 0.526. The third-order valence-corrected chi connectivity index (χ3v) is 5.06. The Morgan fingerprint density at radius 2 is 1.70 bits per heavy atom. The normalized spacial score (nSPS) is 10.9. The molecule has 0 radical (unpaired) electrons. The lowest BCUT2D eigenvalue weighted by Crippen LogP contribution is -2.28. The van der Waals surface area contributed by atoms with Crippen molar-refractivity contribution < 1.29 is 27.5 Å². The van der Waals surface area contributed by atoms with E-state index in [1.165, 1.54) is 12.1 Å². The summed E-state index contributed by atoms with van der Waals surface area (Å²) >= 11 is 0. The molecule has 0 atom stereocenters. The molecule has 0 aliphatic carbocycles. The van der Waals surface area contributed by atoms with Crippen LogP contribution in [0.2, 0.25) is 0 Å². The first kappa shape index (κ1) is 23.2. The van der Waals surface area contributed by atoms with Crippen LogP contribution in [0.25, 0.3) is 0 Å². The van der Waals surface area contributed by atoms with Gasteiger partial charge in [-0.3, -0.25) is 9.59 Å². The van der Waals surface area contributed by atoms with Crippen LogP contribution in [0, 0.1) is 0 Å². The molecule has 0 saturated carbocycles. The van der Waals surface area contributed by atoms with E-state index in [1.54, 1.807) is 36.4 Å². The molecule has 30 heavy (non-hydrogen) atoms. The van der Waals surface area contributed by atoms with Gasteiger partial charge in [0.2, 0.25) is 5.91 Å². The van der Waals surface area contributed by atoms with Crippen molar-refractivity contribution in [1.29, 1.82) is 0 Å². The van der Waals surface area contributed by atoms with Gasteiger partial charge in [0.25, 0.3) is 5.91 Å². The number of anilines is 1. The first-order chi connectivity index (χ1) is 14.3. The predicted molar refractivity (Wildman–Crippen MR) is 114 cm³/mol. The van der Waals surface area contributed by atoms with E-state index in [2.05, 4.69) is 10.6 Å². The second-order valence-corrected chi connectivity index (χ2v) is 8.53. The Hall–Kier alpha value is -3.07. The maximum atomic E-state index is 12.1. The number of nitrogens with one attached hydrogen (secondary N) is 2. The summed E-state index contributed by atoms with van der Waals surface area (Å²) < 4.78 is 33.8. The molecule has 0 aliphatic rings. The first-order valence-electron chi connectivity index (χ1n) is 9.50. The number of amides is 2. The van der Waals surface area contributed by atoms with E-state index in [0.717, 1.165) is 6.26 Å². The van der Waals surface area contributed by atoms with Gasteiger partial charge in [-0.2, -0.15) is 0 Å². The van der Waals surface area contributed by atoms with Crippen molar-refractivity contribution in [3.8, 4) is 11.5 Å². The molecule has 2 aromatic rings. The Balaban J connectivity index is 1.73. The first-order valence-corrected chi connectivity index (χ1v) is 11.4. The highest BCUT2D eigenvalue weighted by molar-refractivity contribution is 7.90. The molecular weight excluding hydrogens is 408 g/mol. The van der Waals surface area contributed by atoms with E-state index in [1.807, 2.05) is 6.92 Å². The zero-order chi connectivity index (χ0) is 22.0. The largest absolute Gasteiger partial charge is 0.494 e. The Morgan fingerprint density at radius 3 is 2.37 bits per heavy atom. The Morgan fingerprint density at radius 1 is 0.967 bits per heavy atom. The van der Waals surface area contributed by atoms with E-state index >= 15 is 0 Å². The predicted octanol–water partition coefficient (Wildman–Crippen LogP) is 2.40. The van der Waals surface area contributed by atoms with Crippen molar-refractivity contribution in [2.45, 2.75) is 24.7 Å². The number of sulfone groups is 1. The molecule has 0 aromatic heterocycles. The fourth-order valence-electron chi connectivity index (χ4n) is 2.49. The average Bonchev–Trinajstić information content (AvgIpc) is 2.70. The minimum Gasteiger partial charge on any atom is -0.494 e. The summed E-state index contributed by atoms with van der Waals surface area (Å²) in [5.74, 6) is 0.643. The van der Waals surface area contributed by atoms with Gasteiger partial charge in [-0.25, -0.2) is 8.42 Å². The van der Waals surface area contributed by atoms with Gasteiger partial charge in [-0.15, -0.1) is 0 Å². The van der Waals surface area contributed by atoms with Gasteiger partial charge in [-0.1, -0.05) is 6.07 Å². The summed E-state index contributed by atoms with van der Waals surface area (Å²) in [5, 5.41) is 5.42. The maximum absolute atomic E-state index is 12.1. The van der Waals surface area contributed by atoms with Crippen LogP contribution in [0.4, 0.5) is 5.69 Å². The van der Waals surface area contributed by atoms with Crippen molar-refractivity contribution in [3.63, 3.8) is 0 Å². The van der Waals surface area contributed by atoms with Gasteiger partial charge in [0.15, 0.2) is 16.4 Å². The topological polar surface area (TPSA) is 111 Å². The van der Waals surface area contributed by atoms with Gasteiger partial charge in [0.1, 0.15) is 11.5 Å². The Labute approximate surface area is 176 Å². The molecule has 0 bridgehead atoms. The molecule has 0 unspecified atom stereocenters. The van der Waals surface area contributed by atoms with Crippen LogP contribution >= 0.6 is 0 Å². The minimum atomic E-state index is -3.24. The molecule has 0 fully saturated rings. The second-order valence-electron chi connectivity index (χ2n) is 6.51. The molecule has 0 saturated heterocycles. The highest BCUT2D eigenvalue weighted by Gasteiger charge is 2.08. The molecule has 2 aromatic carbocycles. The molecule has 0 heterocycles. The molecule has 162 valence electrons. The average molecular weight is 435 g/mol. The van der Waals surface area contributed by atoms with Crippen molar-refractivity contribution in [2.75, 3.05) is 31.3 Å². The molecule has 2 N–H and O–H groups in total. The zero-order valence-electron chi connectivity index (χ0n) is 17.0. The van der Waals surface area contributed by atoms with E-state index < -0.39 is 9.84 Å². The SMILES string of the molecule is CCNC(=O)COc1cccc(NC(=O)CCCOc2ccc(S(C)(=O)=O)cc2)c1. The lowest BCUT2D eigenvalue weighted by Gasteiger charge is -2.10. The molecule has 0 aliphatic heterocycles. The minimum absolute atomic E-state index is 0.0895. The van der Waals surface area contributed by atoms with Crippen LogP contribution in [0.5, 0.6) is 11.5 Å². The molecule has 2 rings (SSSR count). The highest BCUT2D eigenvalue weighted by atomic mass is 32.2. The van der Waals surface area contributed by atoms with Crippen molar-refractivity contribution in [3.05, 3.63) is 48.5 Å². The highest BCUT2D eigenvalue weighted by Crippen LogP contribution is 2.18. The van der Waals surface area contributed by atoms with E-state index in [0.29, 0.717) is 36.8 Å². The number of rotatable bonds is 11. The Kier molecular flexibility index (Phi) is 8.67. The van der Waals surface area contributed by atoms with Gasteiger partial charge in [0, 0.05) is 31.0 Å². The van der Waals surface area contributed by atoms with Gasteiger partial charge < -0.3 is 20.1 Å².